The highest BCUT2D eigenvalue weighted by Gasteiger charge is 2.52. The van der Waals surface area contributed by atoms with Gasteiger partial charge in [0.25, 0.3) is 0 Å². The number of aliphatic hydroxyl groups is 2. The van der Waals surface area contributed by atoms with Crippen LogP contribution in [0.5, 0.6) is 0 Å². The van der Waals surface area contributed by atoms with Gasteiger partial charge < -0.3 is 14.9 Å². The number of ketones is 1. The number of hydrogen-bond donors (Lipinski definition) is 2. The number of carbonyl (C=O) groups is 1. The van der Waals surface area contributed by atoms with E-state index < -0.39 is 17.3 Å². The second-order valence-corrected chi connectivity index (χ2v) is 5.83. The Morgan fingerprint density at radius 1 is 1.61 bits per heavy atom. The Bertz CT molecular complexity index is 405. The van der Waals surface area contributed by atoms with Gasteiger partial charge in [0.2, 0.25) is 0 Å². The molecule has 0 saturated carbocycles. The van der Waals surface area contributed by atoms with E-state index in [1.165, 1.54) is 6.08 Å². The number of carbonyl (C=O) groups excluding carboxylic acids is 1. The van der Waals surface area contributed by atoms with Crippen LogP contribution in [0.3, 0.4) is 0 Å². The molecule has 18 heavy (non-hydrogen) atoms. The molecule has 1 saturated heterocycles. The number of hydrogen-bond acceptors (Lipinski definition) is 4. The zero-order valence-corrected chi connectivity index (χ0v) is 10.8. The molecule has 4 nitrogen and oxygen atoms in total. The monoisotopic (exact) mass is 252 g/mol. The Morgan fingerprint density at radius 2 is 2.28 bits per heavy atom. The first-order chi connectivity index (χ1) is 8.26. The van der Waals surface area contributed by atoms with Gasteiger partial charge in [-0.1, -0.05) is 6.08 Å². The van der Waals surface area contributed by atoms with Crippen LogP contribution in [0.2, 0.25) is 0 Å². The first-order valence-electron chi connectivity index (χ1n) is 6.24. The smallest absolute Gasteiger partial charge is 0.162 e. The minimum atomic E-state index is -1.12. The third-order valence-electron chi connectivity index (χ3n) is 3.75. The third-order valence-corrected chi connectivity index (χ3v) is 3.75. The van der Waals surface area contributed by atoms with Gasteiger partial charge in [-0.05, 0) is 26.7 Å². The zero-order valence-electron chi connectivity index (χ0n) is 10.8. The molecule has 0 unspecified atom stereocenters. The predicted molar refractivity (Wildman–Crippen MR) is 66.7 cm³/mol. The Balaban J connectivity index is 2.24. The summed E-state index contributed by atoms with van der Waals surface area (Å²) in [5.41, 5.74) is -2.16. The molecule has 1 fully saturated rings. The predicted octanol–water partition coefficient (Wildman–Crippen LogP) is 1.33. The fourth-order valence-electron chi connectivity index (χ4n) is 2.61. The van der Waals surface area contributed by atoms with Crippen molar-refractivity contribution >= 4 is 5.78 Å². The van der Waals surface area contributed by atoms with Crippen molar-refractivity contribution in [2.45, 2.75) is 50.4 Å². The van der Waals surface area contributed by atoms with Crippen LogP contribution in [0.25, 0.3) is 0 Å². The summed E-state index contributed by atoms with van der Waals surface area (Å²) in [5, 5.41) is 20.5. The van der Waals surface area contributed by atoms with Gasteiger partial charge in [0.15, 0.2) is 5.78 Å². The quantitative estimate of drug-likeness (QED) is 0.744. The second kappa shape index (κ2) is 4.21. The fourth-order valence-corrected chi connectivity index (χ4v) is 2.61. The van der Waals surface area contributed by atoms with Crippen LogP contribution in [-0.2, 0) is 9.53 Å². The molecule has 1 heterocycles. The molecule has 0 aromatic rings. The number of ether oxygens (including phenoxy) is 1. The van der Waals surface area contributed by atoms with Gasteiger partial charge in [0, 0.05) is 18.4 Å². The standard InChI is InChI=1S/C14H20O4/c1-4-5-9-7-14(17)8-12(13(2,3)16)18-11(14)6-10(9)15/h4,6,9,12,16-17H,1,5,7-8H2,2-3H3/t9-,12+,14+/m0/s1. The van der Waals surface area contributed by atoms with E-state index in [1.807, 2.05) is 0 Å². The summed E-state index contributed by atoms with van der Waals surface area (Å²) < 4.78 is 5.54. The molecule has 0 amide bonds. The Hall–Kier alpha value is -1.13. The highest BCUT2D eigenvalue weighted by atomic mass is 16.5. The van der Waals surface area contributed by atoms with Crippen molar-refractivity contribution in [1.82, 2.24) is 0 Å². The first-order valence-corrected chi connectivity index (χ1v) is 6.24. The first kappa shape index (κ1) is 13.3. The van der Waals surface area contributed by atoms with Crippen molar-refractivity contribution in [3.05, 3.63) is 24.5 Å². The molecular formula is C14H20O4. The van der Waals surface area contributed by atoms with Gasteiger partial charge in [0.05, 0.1) is 5.60 Å². The van der Waals surface area contributed by atoms with E-state index in [4.69, 9.17) is 4.74 Å². The Kier molecular flexibility index (Phi) is 3.11. The molecule has 1 aliphatic heterocycles. The Labute approximate surface area is 107 Å². The van der Waals surface area contributed by atoms with Crippen LogP contribution in [0, 0.1) is 5.92 Å². The lowest BCUT2D eigenvalue weighted by molar-refractivity contribution is -0.121. The van der Waals surface area contributed by atoms with Crippen LogP contribution >= 0.6 is 0 Å². The SMILES string of the molecule is C=CC[C@H]1C[C@@]2(O)C[C@H](C(C)(C)O)OC2=CC1=O. The van der Waals surface area contributed by atoms with E-state index >= 15 is 0 Å². The second-order valence-electron chi connectivity index (χ2n) is 5.83. The van der Waals surface area contributed by atoms with E-state index in [0.29, 0.717) is 25.0 Å². The van der Waals surface area contributed by atoms with E-state index in [9.17, 15) is 15.0 Å². The van der Waals surface area contributed by atoms with Crippen LogP contribution in [-0.4, -0.2) is 33.3 Å². The average molecular weight is 252 g/mol. The maximum absolute atomic E-state index is 11.8. The molecule has 0 bridgehead atoms. The summed E-state index contributed by atoms with van der Waals surface area (Å²) in [5.74, 6) is 0.0336. The lowest BCUT2D eigenvalue weighted by Gasteiger charge is -2.29. The lowest BCUT2D eigenvalue weighted by Crippen LogP contribution is -2.39. The topological polar surface area (TPSA) is 66.8 Å². The third kappa shape index (κ3) is 2.22. The summed E-state index contributed by atoms with van der Waals surface area (Å²) in [4.78, 5) is 11.8. The summed E-state index contributed by atoms with van der Waals surface area (Å²) in [6.45, 7) is 6.91. The maximum Gasteiger partial charge on any atom is 0.162 e. The molecule has 4 heteroatoms. The normalized spacial score (nSPS) is 35.8. The molecular weight excluding hydrogens is 232 g/mol. The zero-order chi connectivity index (χ0) is 13.6. The maximum atomic E-state index is 11.8. The molecule has 2 rings (SSSR count). The van der Waals surface area contributed by atoms with Gasteiger partial charge in [-0.15, -0.1) is 6.58 Å². The van der Waals surface area contributed by atoms with Gasteiger partial charge in [-0.25, -0.2) is 0 Å². The van der Waals surface area contributed by atoms with E-state index in [0.717, 1.165) is 0 Å². The van der Waals surface area contributed by atoms with Crippen molar-refractivity contribution in [3.8, 4) is 0 Å². The number of fused-ring (bicyclic) bond motifs is 1. The summed E-state index contributed by atoms with van der Waals surface area (Å²) in [6.07, 6.45) is 3.80. The van der Waals surface area contributed by atoms with Crippen molar-refractivity contribution in [3.63, 3.8) is 0 Å². The van der Waals surface area contributed by atoms with Crippen molar-refractivity contribution in [2.24, 2.45) is 5.92 Å². The van der Waals surface area contributed by atoms with Crippen molar-refractivity contribution in [2.75, 3.05) is 0 Å². The highest BCUT2D eigenvalue weighted by molar-refractivity contribution is 5.93. The largest absolute Gasteiger partial charge is 0.488 e. The lowest BCUT2D eigenvalue weighted by atomic mass is 9.77. The molecule has 0 radical (unpaired) electrons. The molecule has 0 aromatic carbocycles. The van der Waals surface area contributed by atoms with E-state index in [1.54, 1.807) is 19.9 Å². The average Bonchev–Trinajstić information content (AvgIpc) is 2.56. The van der Waals surface area contributed by atoms with Gasteiger partial charge >= 0.3 is 0 Å². The minimum absolute atomic E-state index is 0.0361. The summed E-state index contributed by atoms with van der Waals surface area (Å²) in [7, 11) is 0. The van der Waals surface area contributed by atoms with E-state index in [2.05, 4.69) is 6.58 Å². The number of allylic oxidation sites excluding steroid dienone is 2. The molecule has 2 aliphatic rings. The Morgan fingerprint density at radius 3 is 2.83 bits per heavy atom. The van der Waals surface area contributed by atoms with Gasteiger partial charge in [-0.3, -0.25) is 4.79 Å². The summed E-state index contributed by atoms with van der Waals surface area (Å²) in [6, 6.07) is 0. The molecule has 0 aromatic heterocycles. The van der Waals surface area contributed by atoms with Crippen LogP contribution in [0.1, 0.15) is 33.1 Å². The molecule has 2 N–H and O–H groups in total. The van der Waals surface area contributed by atoms with Gasteiger partial charge in [0.1, 0.15) is 17.5 Å². The fraction of sp³-hybridized carbons (Fsp3) is 0.643. The van der Waals surface area contributed by atoms with Crippen LogP contribution < -0.4 is 0 Å². The van der Waals surface area contributed by atoms with Crippen LogP contribution in [0.15, 0.2) is 24.5 Å². The highest BCUT2D eigenvalue weighted by Crippen LogP contribution is 2.45. The minimum Gasteiger partial charge on any atom is -0.488 e. The molecule has 0 spiro atoms. The van der Waals surface area contributed by atoms with Gasteiger partial charge in [-0.2, -0.15) is 0 Å². The van der Waals surface area contributed by atoms with Crippen molar-refractivity contribution in [1.29, 1.82) is 0 Å². The molecule has 100 valence electrons. The number of rotatable bonds is 3. The molecule has 3 atom stereocenters. The van der Waals surface area contributed by atoms with E-state index in [-0.39, 0.29) is 11.7 Å². The van der Waals surface area contributed by atoms with Crippen molar-refractivity contribution < 1.29 is 19.7 Å². The molecule has 1 aliphatic carbocycles. The van der Waals surface area contributed by atoms with Crippen LogP contribution in [0.4, 0.5) is 0 Å². The summed E-state index contributed by atoms with van der Waals surface area (Å²) >= 11 is 0.